The lowest BCUT2D eigenvalue weighted by molar-refractivity contribution is 0.0819. The van der Waals surface area contributed by atoms with Gasteiger partial charge in [-0.2, -0.15) is 5.26 Å². The first kappa shape index (κ1) is 16.1. The molecule has 2 aliphatic rings. The first-order chi connectivity index (χ1) is 11.4. The molecule has 0 atom stereocenters. The van der Waals surface area contributed by atoms with Crippen molar-refractivity contribution >= 4 is 12.0 Å². The Hall–Kier alpha value is -2.76. The highest BCUT2D eigenvalue weighted by atomic mass is 16.4. The molecule has 2 N–H and O–H groups in total. The number of nitrogens with zero attached hydrogens (tertiary/aromatic N) is 5. The lowest BCUT2D eigenvalue weighted by atomic mass is 9.89. The zero-order chi connectivity index (χ0) is 17.3. The molecular weight excluding hydrogens is 312 g/mol. The SMILES string of the molecule is CC1(NC(=O)c2cn3c(n2)CN(C#N)CC3)CCN(C(=O)O)CC1. The van der Waals surface area contributed by atoms with Crippen LogP contribution in [0.2, 0.25) is 0 Å². The highest BCUT2D eigenvalue weighted by molar-refractivity contribution is 5.92. The van der Waals surface area contributed by atoms with E-state index in [0.29, 0.717) is 57.1 Å². The minimum atomic E-state index is -0.924. The fourth-order valence-electron chi connectivity index (χ4n) is 3.10. The first-order valence-corrected chi connectivity index (χ1v) is 7.91. The normalized spacial score (nSPS) is 19.3. The van der Waals surface area contributed by atoms with Gasteiger partial charge in [-0.05, 0) is 19.8 Å². The molecule has 128 valence electrons. The molecule has 0 spiro atoms. The molecule has 1 saturated heterocycles. The molecule has 3 heterocycles. The number of carboxylic acid groups (broad SMARTS) is 1. The number of likely N-dealkylation sites (tertiary alicyclic amines) is 1. The number of imidazole rings is 1. The fourth-order valence-corrected chi connectivity index (χ4v) is 3.10. The van der Waals surface area contributed by atoms with Gasteiger partial charge in [-0.1, -0.05) is 0 Å². The highest BCUT2D eigenvalue weighted by Crippen LogP contribution is 2.22. The first-order valence-electron chi connectivity index (χ1n) is 7.91. The van der Waals surface area contributed by atoms with E-state index in [4.69, 9.17) is 10.4 Å². The van der Waals surface area contributed by atoms with E-state index in [-0.39, 0.29) is 5.91 Å². The molecule has 9 nitrogen and oxygen atoms in total. The van der Waals surface area contributed by atoms with Gasteiger partial charge in [-0.25, -0.2) is 9.78 Å². The number of nitriles is 1. The predicted octanol–water partition coefficient (Wildman–Crippen LogP) is 0.442. The van der Waals surface area contributed by atoms with Crippen molar-refractivity contribution in [1.82, 2.24) is 24.7 Å². The molecule has 1 aromatic rings. The maximum Gasteiger partial charge on any atom is 0.407 e. The number of piperidine rings is 1. The summed E-state index contributed by atoms with van der Waals surface area (Å²) in [6.45, 7) is 4.40. The molecule has 9 heteroatoms. The third-order valence-electron chi connectivity index (χ3n) is 4.73. The number of fused-ring (bicyclic) bond motifs is 1. The van der Waals surface area contributed by atoms with Crippen molar-refractivity contribution in [2.24, 2.45) is 0 Å². The van der Waals surface area contributed by atoms with Gasteiger partial charge >= 0.3 is 6.09 Å². The van der Waals surface area contributed by atoms with Crippen molar-refractivity contribution < 1.29 is 14.7 Å². The minimum absolute atomic E-state index is 0.258. The van der Waals surface area contributed by atoms with Gasteiger partial charge in [0, 0.05) is 37.9 Å². The molecule has 1 fully saturated rings. The minimum Gasteiger partial charge on any atom is -0.465 e. The van der Waals surface area contributed by atoms with Crippen LogP contribution in [0.4, 0.5) is 4.79 Å². The van der Waals surface area contributed by atoms with Crippen LogP contribution in [0.5, 0.6) is 0 Å². The Morgan fingerprint density at radius 3 is 2.67 bits per heavy atom. The van der Waals surface area contributed by atoms with Crippen LogP contribution in [0.25, 0.3) is 0 Å². The molecule has 3 rings (SSSR count). The highest BCUT2D eigenvalue weighted by Gasteiger charge is 2.34. The van der Waals surface area contributed by atoms with Crippen LogP contribution in [-0.4, -0.2) is 61.6 Å². The lowest BCUT2D eigenvalue weighted by Gasteiger charge is -2.38. The summed E-state index contributed by atoms with van der Waals surface area (Å²) in [4.78, 5) is 30.8. The maximum atomic E-state index is 12.5. The van der Waals surface area contributed by atoms with Gasteiger partial charge in [0.25, 0.3) is 5.91 Å². The number of hydrogen-bond donors (Lipinski definition) is 2. The van der Waals surface area contributed by atoms with Crippen molar-refractivity contribution in [2.75, 3.05) is 19.6 Å². The summed E-state index contributed by atoms with van der Waals surface area (Å²) < 4.78 is 1.90. The Kier molecular flexibility index (Phi) is 4.05. The maximum absolute atomic E-state index is 12.5. The zero-order valence-electron chi connectivity index (χ0n) is 13.5. The molecule has 0 radical (unpaired) electrons. The van der Waals surface area contributed by atoms with Crippen molar-refractivity contribution in [3.05, 3.63) is 17.7 Å². The van der Waals surface area contributed by atoms with E-state index in [1.165, 1.54) is 4.90 Å². The molecule has 0 saturated carbocycles. The van der Waals surface area contributed by atoms with Gasteiger partial charge < -0.3 is 24.8 Å². The van der Waals surface area contributed by atoms with E-state index in [1.807, 2.05) is 11.5 Å². The number of aromatic nitrogens is 2. The average Bonchev–Trinajstić information content (AvgIpc) is 2.98. The van der Waals surface area contributed by atoms with Crippen molar-refractivity contribution in [3.8, 4) is 6.19 Å². The molecule has 24 heavy (non-hydrogen) atoms. The number of nitrogens with one attached hydrogen (secondary N) is 1. The van der Waals surface area contributed by atoms with Gasteiger partial charge in [0.15, 0.2) is 6.19 Å². The Morgan fingerprint density at radius 1 is 1.33 bits per heavy atom. The zero-order valence-corrected chi connectivity index (χ0v) is 13.5. The van der Waals surface area contributed by atoms with Gasteiger partial charge in [-0.15, -0.1) is 0 Å². The molecule has 0 unspecified atom stereocenters. The largest absolute Gasteiger partial charge is 0.465 e. The fraction of sp³-hybridized carbons (Fsp3) is 0.600. The molecule has 2 amide bonds. The lowest BCUT2D eigenvalue weighted by Crippen LogP contribution is -2.54. The summed E-state index contributed by atoms with van der Waals surface area (Å²) in [5, 5.41) is 21.0. The monoisotopic (exact) mass is 332 g/mol. The second-order valence-electron chi connectivity index (χ2n) is 6.54. The van der Waals surface area contributed by atoms with E-state index in [9.17, 15) is 9.59 Å². The summed E-state index contributed by atoms with van der Waals surface area (Å²) in [7, 11) is 0. The van der Waals surface area contributed by atoms with Crippen molar-refractivity contribution in [1.29, 1.82) is 5.26 Å². The second kappa shape index (κ2) is 6.03. The van der Waals surface area contributed by atoms with Crippen LogP contribution in [0.15, 0.2) is 6.20 Å². The Balaban J connectivity index is 1.65. The number of carbonyl (C=O) groups excluding carboxylic acids is 1. The smallest absolute Gasteiger partial charge is 0.407 e. The predicted molar refractivity (Wildman–Crippen MR) is 83.0 cm³/mol. The van der Waals surface area contributed by atoms with E-state index in [1.54, 1.807) is 11.1 Å². The summed E-state index contributed by atoms with van der Waals surface area (Å²) in [6, 6.07) is 0. The molecular formula is C15H20N6O3. The number of hydrogen-bond acceptors (Lipinski definition) is 5. The summed E-state index contributed by atoms with van der Waals surface area (Å²) in [6.07, 6.45) is 4.03. The Morgan fingerprint density at radius 2 is 2.04 bits per heavy atom. The van der Waals surface area contributed by atoms with Gasteiger partial charge in [0.1, 0.15) is 11.5 Å². The van der Waals surface area contributed by atoms with E-state index < -0.39 is 11.6 Å². The third kappa shape index (κ3) is 3.13. The molecule has 0 aliphatic carbocycles. The van der Waals surface area contributed by atoms with Crippen LogP contribution in [0, 0.1) is 11.5 Å². The number of rotatable bonds is 2. The molecule has 0 aromatic carbocycles. The Labute approximate surface area is 139 Å². The van der Waals surface area contributed by atoms with E-state index in [2.05, 4.69) is 16.5 Å². The summed E-state index contributed by atoms with van der Waals surface area (Å²) in [5.41, 5.74) is -0.0991. The molecule has 0 bridgehead atoms. The standard InChI is InChI=1S/C15H20N6O3/c1-15(2-4-20(5-3-15)14(23)24)18-13(22)11-8-21-7-6-19(10-16)9-12(21)17-11/h8H,2-7,9H2,1H3,(H,18,22)(H,23,24). The summed E-state index contributed by atoms with van der Waals surface area (Å²) in [5.74, 6) is 0.450. The van der Waals surface area contributed by atoms with Gasteiger partial charge in [-0.3, -0.25) is 4.79 Å². The summed E-state index contributed by atoms with van der Waals surface area (Å²) >= 11 is 0. The third-order valence-corrected chi connectivity index (χ3v) is 4.73. The van der Waals surface area contributed by atoms with E-state index >= 15 is 0 Å². The van der Waals surface area contributed by atoms with E-state index in [0.717, 1.165) is 0 Å². The second-order valence-corrected chi connectivity index (χ2v) is 6.54. The quantitative estimate of drug-likeness (QED) is 0.760. The van der Waals surface area contributed by atoms with Crippen LogP contribution >= 0.6 is 0 Å². The van der Waals surface area contributed by atoms with Crippen LogP contribution in [0.3, 0.4) is 0 Å². The van der Waals surface area contributed by atoms with Crippen molar-refractivity contribution in [2.45, 2.75) is 38.4 Å². The Bertz CT molecular complexity index is 699. The van der Waals surface area contributed by atoms with Gasteiger partial charge in [0.2, 0.25) is 0 Å². The van der Waals surface area contributed by atoms with Crippen molar-refractivity contribution in [3.63, 3.8) is 0 Å². The number of carbonyl (C=O) groups is 2. The molecule has 2 aliphatic heterocycles. The van der Waals surface area contributed by atoms with Crippen LogP contribution in [0.1, 0.15) is 36.1 Å². The number of amides is 2. The average molecular weight is 332 g/mol. The molecule has 1 aromatic heterocycles. The van der Waals surface area contributed by atoms with Crippen LogP contribution in [-0.2, 0) is 13.1 Å². The topological polar surface area (TPSA) is 114 Å². The van der Waals surface area contributed by atoms with Gasteiger partial charge in [0.05, 0.1) is 6.54 Å². The van der Waals surface area contributed by atoms with Crippen LogP contribution < -0.4 is 5.32 Å².